The molecule has 1 saturated heterocycles. The van der Waals surface area contributed by atoms with Gasteiger partial charge in [0.05, 0.1) is 23.7 Å². The molecule has 8 heteroatoms. The van der Waals surface area contributed by atoms with E-state index >= 15 is 0 Å². The molecule has 0 spiro atoms. The smallest absolute Gasteiger partial charge is 0.146 e. The molecular formula is C24H33N5O2Si. The van der Waals surface area contributed by atoms with E-state index in [1.54, 1.807) is 12.4 Å². The lowest BCUT2D eigenvalue weighted by Crippen LogP contribution is -2.38. The molecule has 0 saturated carbocycles. The topological polar surface area (TPSA) is 85.0 Å². The van der Waals surface area contributed by atoms with E-state index in [2.05, 4.69) is 47.9 Å². The van der Waals surface area contributed by atoms with Gasteiger partial charge in [0.15, 0.2) is 0 Å². The van der Waals surface area contributed by atoms with Gasteiger partial charge >= 0.3 is 0 Å². The van der Waals surface area contributed by atoms with Gasteiger partial charge in [-0.2, -0.15) is 5.26 Å². The fourth-order valence-corrected chi connectivity index (χ4v) is 4.90. The Morgan fingerprint density at radius 3 is 2.75 bits per heavy atom. The highest BCUT2D eigenvalue weighted by molar-refractivity contribution is 6.76. The first-order valence-corrected chi connectivity index (χ1v) is 15.1. The summed E-state index contributed by atoms with van der Waals surface area (Å²) in [6.45, 7) is 13.2. The molecule has 0 unspecified atom stereocenters. The molecule has 0 bridgehead atoms. The number of nitrogens with zero attached hydrogens (tertiary/aromatic N) is 4. The molecule has 0 amide bonds. The van der Waals surface area contributed by atoms with Crippen molar-refractivity contribution in [2.75, 3.05) is 26.3 Å². The van der Waals surface area contributed by atoms with Crippen LogP contribution in [0.1, 0.15) is 25.5 Å². The van der Waals surface area contributed by atoms with Crippen molar-refractivity contribution in [3.05, 3.63) is 30.2 Å². The SMILES string of the molecule is CC1(COc2ccnc3c2c2cc(C#N)ncc2n3COCC[Si](C)(C)C)CCNCC1. The normalized spacial score (nSPS) is 16.3. The van der Waals surface area contributed by atoms with Gasteiger partial charge in [0, 0.05) is 31.7 Å². The van der Waals surface area contributed by atoms with Crippen molar-refractivity contribution >= 4 is 30.0 Å². The quantitative estimate of drug-likeness (QED) is 0.400. The summed E-state index contributed by atoms with van der Waals surface area (Å²) in [4.78, 5) is 8.97. The number of pyridine rings is 2. The Morgan fingerprint density at radius 1 is 1.25 bits per heavy atom. The Hall–Kier alpha value is -2.47. The Kier molecular flexibility index (Phi) is 6.51. The van der Waals surface area contributed by atoms with Crippen LogP contribution in [0.25, 0.3) is 21.9 Å². The summed E-state index contributed by atoms with van der Waals surface area (Å²) >= 11 is 0. The van der Waals surface area contributed by atoms with Crippen molar-refractivity contribution in [2.24, 2.45) is 5.41 Å². The van der Waals surface area contributed by atoms with E-state index in [1.807, 2.05) is 16.7 Å². The van der Waals surface area contributed by atoms with Crippen LogP contribution in [0.5, 0.6) is 5.75 Å². The monoisotopic (exact) mass is 451 g/mol. The van der Waals surface area contributed by atoms with E-state index in [4.69, 9.17) is 9.47 Å². The van der Waals surface area contributed by atoms with Crippen LogP contribution in [0.2, 0.25) is 25.7 Å². The molecule has 170 valence electrons. The second-order valence-corrected chi connectivity index (χ2v) is 16.0. The zero-order chi connectivity index (χ0) is 22.8. The number of nitrogens with one attached hydrogen (secondary N) is 1. The number of ether oxygens (including phenoxy) is 2. The van der Waals surface area contributed by atoms with Crippen LogP contribution < -0.4 is 10.1 Å². The van der Waals surface area contributed by atoms with Crippen molar-refractivity contribution in [3.8, 4) is 11.8 Å². The number of fused-ring (bicyclic) bond motifs is 3. The molecule has 4 heterocycles. The van der Waals surface area contributed by atoms with Crippen LogP contribution in [-0.4, -0.2) is 48.9 Å². The maximum absolute atomic E-state index is 9.41. The van der Waals surface area contributed by atoms with Crippen molar-refractivity contribution in [3.63, 3.8) is 0 Å². The van der Waals surface area contributed by atoms with Gasteiger partial charge in [0.2, 0.25) is 0 Å². The zero-order valence-corrected chi connectivity index (χ0v) is 20.6. The van der Waals surface area contributed by atoms with E-state index in [1.165, 1.54) is 0 Å². The van der Waals surface area contributed by atoms with Gasteiger partial charge in [-0.1, -0.05) is 26.6 Å². The molecule has 1 fully saturated rings. The summed E-state index contributed by atoms with van der Waals surface area (Å²) in [6.07, 6.45) is 5.72. The predicted octanol–water partition coefficient (Wildman–Crippen LogP) is 4.54. The van der Waals surface area contributed by atoms with E-state index < -0.39 is 8.07 Å². The summed E-state index contributed by atoms with van der Waals surface area (Å²) in [5, 5.41) is 14.7. The van der Waals surface area contributed by atoms with Crippen molar-refractivity contribution < 1.29 is 9.47 Å². The molecule has 3 aromatic heterocycles. The highest BCUT2D eigenvalue weighted by Crippen LogP contribution is 2.36. The maximum Gasteiger partial charge on any atom is 0.146 e. The molecule has 0 atom stereocenters. The average molecular weight is 452 g/mol. The Bertz CT molecular complexity index is 1140. The van der Waals surface area contributed by atoms with Crippen LogP contribution >= 0.6 is 0 Å². The maximum atomic E-state index is 9.41. The van der Waals surface area contributed by atoms with E-state index in [-0.39, 0.29) is 5.41 Å². The first kappa shape index (κ1) is 22.7. The number of hydrogen-bond acceptors (Lipinski definition) is 6. The summed E-state index contributed by atoms with van der Waals surface area (Å²) in [5.41, 5.74) is 2.25. The molecule has 0 aliphatic carbocycles. The van der Waals surface area contributed by atoms with Crippen LogP contribution in [0, 0.1) is 16.7 Å². The molecule has 1 aliphatic rings. The van der Waals surface area contributed by atoms with Gasteiger partial charge in [-0.05, 0) is 44.1 Å². The Balaban J connectivity index is 1.69. The van der Waals surface area contributed by atoms with Gasteiger partial charge in [0.1, 0.15) is 29.9 Å². The number of nitriles is 1. The standard InChI is InChI=1S/C24H33N5O2Si/c1-24(6-9-26-10-7-24)16-31-21-5-8-27-23-22(21)19-13-18(14-25)28-15-20(19)29(23)17-30-11-12-32(2,3)4/h5,8,13,15,26H,6-7,9-12,16-17H2,1-4H3. The summed E-state index contributed by atoms with van der Waals surface area (Å²) in [7, 11) is -1.17. The van der Waals surface area contributed by atoms with Gasteiger partial charge < -0.3 is 14.8 Å². The third-order valence-corrected chi connectivity index (χ3v) is 8.01. The minimum atomic E-state index is -1.17. The second kappa shape index (κ2) is 9.18. The Labute approximate surface area is 190 Å². The molecule has 1 aliphatic heterocycles. The third kappa shape index (κ3) is 4.95. The lowest BCUT2D eigenvalue weighted by atomic mass is 9.82. The molecule has 7 nitrogen and oxygen atoms in total. The molecule has 0 aromatic carbocycles. The number of aromatic nitrogens is 3. The predicted molar refractivity (Wildman–Crippen MR) is 130 cm³/mol. The van der Waals surface area contributed by atoms with E-state index in [0.717, 1.165) is 66.3 Å². The molecule has 0 radical (unpaired) electrons. The summed E-state index contributed by atoms with van der Waals surface area (Å²) in [6, 6.07) is 7.02. The fraction of sp³-hybridized carbons (Fsp3) is 0.542. The fourth-order valence-electron chi connectivity index (χ4n) is 4.14. The average Bonchev–Trinajstić information content (AvgIpc) is 3.08. The first-order chi connectivity index (χ1) is 15.3. The zero-order valence-electron chi connectivity index (χ0n) is 19.6. The lowest BCUT2D eigenvalue weighted by molar-refractivity contribution is 0.0925. The van der Waals surface area contributed by atoms with Crippen molar-refractivity contribution in [1.82, 2.24) is 19.9 Å². The minimum absolute atomic E-state index is 0.151. The van der Waals surface area contributed by atoms with Gasteiger partial charge in [-0.3, -0.25) is 4.57 Å². The van der Waals surface area contributed by atoms with E-state index in [0.29, 0.717) is 19.0 Å². The number of hydrogen-bond donors (Lipinski definition) is 1. The highest BCUT2D eigenvalue weighted by atomic mass is 28.3. The van der Waals surface area contributed by atoms with E-state index in [9.17, 15) is 5.26 Å². The highest BCUT2D eigenvalue weighted by Gasteiger charge is 2.28. The molecule has 4 rings (SSSR count). The molecule has 3 aromatic rings. The van der Waals surface area contributed by atoms with Crippen LogP contribution in [-0.2, 0) is 11.5 Å². The Morgan fingerprint density at radius 2 is 2.03 bits per heavy atom. The van der Waals surface area contributed by atoms with Crippen molar-refractivity contribution in [1.29, 1.82) is 5.26 Å². The second-order valence-electron chi connectivity index (χ2n) is 10.3. The van der Waals surface area contributed by atoms with Crippen LogP contribution in [0.3, 0.4) is 0 Å². The molecular weight excluding hydrogens is 418 g/mol. The first-order valence-electron chi connectivity index (χ1n) is 11.4. The summed E-state index contributed by atoms with van der Waals surface area (Å²) < 4.78 is 14.5. The van der Waals surface area contributed by atoms with Crippen LogP contribution in [0.15, 0.2) is 24.5 Å². The van der Waals surface area contributed by atoms with Crippen LogP contribution in [0.4, 0.5) is 0 Å². The van der Waals surface area contributed by atoms with Crippen molar-refractivity contribution in [2.45, 2.75) is 52.2 Å². The summed E-state index contributed by atoms with van der Waals surface area (Å²) in [5.74, 6) is 0.802. The van der Waals surface area contributed by atoms with Gasteiger partial charge in [0.25, 0.3) is 0 Å². The number of piperidine rings is 1. The molecule has 1 N–H and O–H groups in total. The largest absolute Gasteiger partial charge is 0.492 e. The van der Waals surface area contributed by atoms with Gasteiger partial charge in [-0.15, -0.1) is 0 Å². The lowest BCUT2D eigenvalue weighted by Gasteiger charge is -2.33. The number of rotatable bonds is 8. The van der Waals surface area contributed by atoms with Gasteiger partial charge in [-0.25, -0.2) is 9.97 Å². The third-order valence-electron chi connectivity index (χ3n) is 6.31. The minimum Gasteiger partial charge on any atom is -0.492 e. The molecule has 32 heavy (non-hydrogen) atoms.